The normalized spacial score (nSPS) is 18.9. The Hall–Kier alpha value is -1.88. The van der Waals surface area contributed by atoms with Crippen LogP contribution < -0.4 is 5.32 Å². The van der Waals surface area contributed by atoms with Crippen LogP contribution in [-0.4, -0.2) is 40.7 Å². The van der Waals surface area contributed by atoms with Crippen molar-refractivity contribution in [2.45, 2.75) is 24.7 Å². The fourth-order valence-electron chi connectivity index (χ4n) is 3.04. The monoisotopic (exact) mass is 315 g/mol. The van der Waals surface area contributed by atoms with E-state index < -0.39 is 0 Å². The molecule has 0 radical (unpaired) electrons. The number of nitrogens with zero attached hydrogens (tertiary/aromatic N) is 2. The zero-order valence-electron chi connectivity index (χ0n) is 12.6. The second-order valence-electron chi connectivity index (χ2n) is 5.83. The van der Waals surface area contributed by atoms with Crippen LogP contribution in [0.5, 0.6) is 0 Å². The fraction of sp³-hybridized carbons (Fsp3) is 0.412. The Kier molecular flexibility index (Phi) is 4.16. The van der Waals surface area contributed by atoms with Crippen LogP contribution in [0.2, 0.25) is 0 Å². The molecule has 0 aromatic heterocycles. The fourth-order valence-corrected chi connectivity index (χ4v) is 3.31. The summed E-state index contributed by atoms with van der Waals surface area (Å²) in [5.74, 6) is 0.180. The zero-order valence-corrected chi connectivity index (χ0v) is 13.4. The molecule has 0 atom stereocenters. The van der Waals surface area contributed by atoms with Crippen molar-refractivity contribution < 1.29 is 4.79 Å². The van der Waals surface area contributed by atoms with Gasteiger partial charge in [-0.1, -0.05) is 36.4 Å². The van der Waals surface area contributed by atoms with E-state index in [0.29, 0.717) is 11.7 Å². The minimum atomic E-state index is -0.335. The Morgan fingerprint density at radius 2 is 1.95 bits per heavy atom. The van der Waals surface area contributed by atoms with E-state index in [0.717, 1.165) is 37.9 Å². The summed E-state index contributed by atoms with van der Waals surface area (Å²) < 4.78 is 0. The molecule has 1 saturated carbocycles. The zero-order chi connectivity index (χ0) is 15.6. The van der Waals surface area contributed by atoms with E-state index in [1.165, 1.54) is 0 Å². The molecule has 1 heterocycles. The number of hydrazine groups is 1. The molecular weight excluding hydrogens is 294 g/mol. The van der Waals surface area contributed by atoms with Gasteiger partial charge in [-0.05, 0) is 37.0 Å². The van der Waals surface area contributed by atoms with Crippen molar-refractivity contribution in [3.05, 3.63) is 48.6 Å². The van der Waals surface area contributed by atoms with Crippen molar-refractivity contribution in [2.75, 3.05) is 19.6 Å². The molecule has 1 saturated heterocycles. The summed E-state index contributed by atoms with van der Waals surface area (Å²) in [5.41, 5.74) is 0.787. The van der Waals surface area contributed by atoms with Crippen molar-refractivity contribution in [2.24, 2.45) is 0 Å². The maximum atomic E-state index is 13.1. The number of nitrogens with one attached hydrogen (secondary N) is 1. The maximum absolute atomic E-state index is 13.1. The summed E-state index contributed by atoms with van der Waals surface area (Å²) in [7, 11) is 0. The Bertz CT molecular complexity index is 583. The van der Waals surface area contributed by atoms with Gasteiger partial charge in [0.25, 0.3) is 5.91 Å². The third kappa shape index (κ3) is 2.61. The number of thiocarbonyl (C=S) groups is 1. The predicted octanol–water partition coefficient (Wildman–Crippen LogP) is 2.23. The van der Waals surface area contributed by atoms with Crippen LogP contribution >= 0.6 is 12.2 Å². The van der Waals surface area contributed by atoms with Crippen LogP contribution in [0.15, 0.2) is 43.0 Å². The minimum Gasteiger partial charge on any atom is -0.358 e. The van der Waals surface area contributed by atoms with Gasteiger partial charge in [-0.2, -0.15) is 0 Å². The minimum absolute atomic E-state index is 0.180. The smallest absolute Gasteiger partial charge is 0.251 e. The van der Waals surface area contributed by atoms with Crippen LogP contribution in [0.25, 0.3) is 0 Å². The summed E-state index contributed by atoms with van der Waals surface area (Å²) in [6, 6.07) is 10.1. The van der Waals surface area contributed by atoms with Gasteiger partial charge >= 0.3 is 0 Å². The third-order valence-electron chi connectivity index (χ3n) is 4.38. The molecule has 1 aromatic carbocycles. The van der Waals surface area contributed by atoms with E-state index in [1.54, 1.807) is 6.08 Å². The lowest BCUT2D eigenvalue weighted by Gasteiger charge is -2.33. The average molecular weight is 315 g/mol. The molecule has 3 rings (SSSR count). The van der Waals surface area contributed by atoms with E-state index in [4.69, 9.17) is 12.2 Å². The van der Waals surface area contributed by atoms with Crippen LogP contribution in [0.1, 0.15) is 24.8 Å². The van der Waals surface area contributed by atoms with Crippen molar-refractivity contribution in [3.63, 3.8) is 0 Å². The molecule has 5 heteroatoms. The largest absolute Gasteiger partial charge is 0.358 e. The van der Waals surface area contributed by atoms with Crippen LogP contribution in [0.4, 0.5) is 0 Å². The molecule has 2 aliphatic rings. The molecule has 22 heavy (non-hydrogen) atoms. The standard InChI is InChI=1S/C17H21N3OS/c1-2-11-18-16(22)20-13-6-12-19(20)15(21)17(9-10-17)14-7-4-3-5-8-14/h2-5,7-8H,1,6,9-13H2,(H,18,22). The van der Waals surface area contributed by atoms with Gasteiger partial charge in [0, 0.05) is 19.6 Å². The molecule has 0 spiro atoms. The Morgan fingerprint density at radius 1 is 1.27 bits per heavy atom. The highest BCUT2D eigenvalue weighted by Crippen LogP contribution is 2.50. The summed E-state index contributed by atoms with van der Waals surface area (Å²) in [4.78, 5) is 13.1. The number of hydrogen-bond acceptors (Lipinski definition) is 2. The van der Waals surface area contributed by atoms with Gasteiger partial charge in [-0.25, -0.2) is 0 Å². The number of rotatable bonds is 4. The number of carbonyl (C=O) groups excluding carboxylic acids is 1. The van der Waals surface area contributed by atoms with Gasteiger partial charge in [0.2, 0.25) is 0 Å². The lowest BCUT2D eigenvalue weighted by molar-refractivity contribution is -0.141. The molecule has 1 aromatic rings. The van der Waals surface area contributed by atoms with Gasteiger partial charge in [0.05, 0.1) is 5.41 Å². The molecule has 0 unspecified atom stereocenters. The molecule has 1 aliphatic heterocycles. The van der Waals surface area contributed by atoms with E-state index in [2.05, 4.69) is 24.0 Å². The number of carbonyl (C=O) groups is 1. The summed E-state index contributed by atoms with van der Waals surface area (Å²) in [6.07, 6.45) is 4.56. The highest BCUT2D eigenvalue weighted by atomic mass is 32.1. The first-order valence-electron chi connectivity index (χ1n) is 7.73. The van der Waals surface area contributed by atoms with Gasteiger partial charge < -0.3 is 5.32 Å². The molecule has 1 N–H and O–H groups in total. The number of hydrogen-bond donors (Lipinski definition) is 1. The first kappa shape index (κ1) is 15.0. The first-order valence-corrected chi connectivity index (χ1v) is 8.13. The van der Waals surface area contributed by atoms with E-state index in [-0.39, 0.29) is 11.3 Å². The predicted molar refractivity (Wildman–Crippen MR) is 91.2 cm³/mol. The Labute approximate surface area is 136 Å². The van der Waals surface area contributed by atoms with Gasteiger partial charge in [-0.15, -0.1) is 6.58 Å². The van der Waals surface area contributed by atoms with Crippen LogP contribution in [0.3, 0.4) is 0 Å². The molecule has 1 aliphatic carbocycles. The number of amides is 1. The maximum Gasteiger partial charge on any atom is 0.251 e. The summed E-state index contributed by atoms with van der Waals surface area (Å²) >= 11 is 5.41. The molecule has 2 fully saturated rings. The average Bonchev–Trinajstić information content (AvgIpc) is 3.23. The summed E-state index contributed by atoms with van der Waals surface area (Å²) in [5, 5.41) is 7.46. The van der Waals surface area contributed by atoms with Crippen molar-refractivity contribution in [3.8, 4) is 0 Å². The van der Waals surface area contributed by atoms with Crippen molar-refractivity contribution >= 4 is 23.2 Å². The van der Waals surface area contributed by atoms with Crippen LogP contribution in [0, 0.1) is 0 Å². The Morgan fingerprint density at radius 3 is 2.59 bits per heavy atom. The number of benzene rings is 1. The van der Waals surface area contributed by atoms with Crippen molar-refractivity contribution in [1.29, 1.82) is 0 Å². The molecule has 116 valence electrons. The van der Waals surface area contributed by atoms with Crippen molar-refractivity contribution in [1.82, 2.24) is 15.3 Å². The van der Waals surface area contributed by atoms with Gasteiger partial charge in [0.1, 0.15) is 0 Å². The van der Waals surface area contributed by atoms with E-state index in [9.17, 15) is 4.79 Å². The topological polar surface area (TPSA) is 35.6 Å². The van der Waals surface area contributed by atoms with E-state index in [1.807, 2.05) is 28.2 Å². The highest BCUT2D eigenvalue weighted by molar-refractivity contribution is 7.80. The molecular formula is C17H21N3OS. The quantitative estimate of drug-likeness (QED) is 0.683. The summed E-state index contributed by atoms with van der Waals surface area (Å²) in [6.45, 7) is 5.82. The SMILES string of the molecule is C=CCNC(=S)N1CCCN1C(=O)C1(c2ccccc2)CC1. The van der Waals surface area contributed by atoms with Gasteiger partial charge in [0.15, 0.2) is 5.11 Å². The van der Waals surface area contributed by atoms with Gasteiger partial charge in [-0.3, -0.25) is 14.8 Å². The van der Waals surface area contributed by atoms with Crippen LogP contribution in [-0.2, 0) is 10.2 Å². The van der Waals surface area contributed by atoms with E-state index >= 15 is 0 Å². The molecule has 0 bridgehead atoms. The second kappa shape index (κ2) is 6.08. The molecule has 1 amide bonds. The first-order chi connectivity index (χ1) is 10.7. The lowest BCUT2D eigenvalue weighted by atomic mass is 9.95. The lowest BCUT2D eigenvalue weighted by Crippen LogP contribution is -2.52. The third-order valence-corrected chi connectivity index (χ3v) is 4.74. The second-order valence-corrected chi connectivity index (χ2v) is 6.21. The Balaban J connectivity index is 1.77. The molecule has 4 nitrogen and oxygen atoms in total. The highest BCUT2D eigenvalue weighted by Gasteiger charge is 2.54.